The topological polar surface area (TPSA) is 9.23 Å². The van der Waals surface area contributed by atoms with Gasteiger partial charge in [0.05, 0.1) is 7.11 Å². The SMILES string of the molecule is COc1ccc(C#CC(F)=C(F)F)cc1. The minimum atomic E-state index is -2.41. The molecule has 0 saturated heterocycles. The first-order valence-corrected chi connectivity index (χ1v) is 4.00. The Labute approximate surface area is 85.2 Å². The van der Waals surface area contributed by atoms with Gasteiger partial charge in [-0.05, 0) is 30.2 Å². The Balaban J connectivity index is 2.86. The van der Waals surface area contributed by atoms with E-state index in [1.807, 2.05) is 0 Å². The van der Waals surface area contributed by atoms with Crippen LogP contribution in [0.5, 0.6) is 5.75 Å². The Bertz CT molecular complexity index is 419. The van der Waals surface area contributed by atoms with Gasteiger partial charge in [-0.25, -0.2) is 0 Å². The zero-order valence-corrected chi connectivity index (χ0v) is 7.85. The average molecular weight is 212 g/mol. The third kappa shape index (κ3) is 3.39. The van der Waals surface area contributed by atoms with E-state index in [4.69, 9.17) is 4.74 Å². The third-order valence-electron chi connectivity index (χ3n) is 1.57. The van der Waals surface area contributed by atoms with Crippen LogP contribution in [0.25, 0.3) is 0 Å². The minimum Gasteiger partial charge on any atom is -0.497 e. The summed E-state index contributed by atoms with van der Waals surface area (Å²) in [6.45, 7) is 0. The molecule has 0 N–H and O–H groups in total. The van der Waals surface area contributed by atoms with Crippen molar-refractivity contribution < 1.29 is 17.9 Å². The predicted molar refractivity (Wildman–Crippen MR) is 50.2 cm³/mol. The Hall–Kier alpha value is -1.89. The molecule has 0 amide bonds. The van der Waals surface area contributed by atoms with Gasteiger partial charge in [0.25, 0.3) is 0 Å². The standard InChI is InChI=1S/C11H7F3O/c1-15-9-5-2-8(3-6-9)4-7-10(12)11(13)14/h2-3,5-6H,1H3. The number of rotatable bonds is 1. The van der Waals surface area contributed by atoms with Crippen molar-refractivity contribution in [2.45, 2.75) is 0 Å². The van der Waals surface area contributed by atoms with Crippen LogP contribution in [0.3, 0.4) is 0 Å². The van der Waals surface area contributed by atoms with Crippen molar-refractivity contribution in [3.63, 3.8) is 0 Å². The van der Waals surface area contributed by atoms with Gasteiger partial charge in [-0.1, -0.05) is 5.92 Å². The second kappa shape index (κ2) is 5.11. The van der Waals surface area contributed by atoms with Crippen LogP contribution in [0.4, 0.5) is 13.2 Å². The lowest BCUT2D eigenvalue weighted by Crippen LogP contribution is -1.82. The number of ether oxygens (including phenoxy) is 1. The third-order valence-corrected chi connectivity index (χ3v) is 1.57. The summed E-state index contributed by atoms with van der Waals surface area (Å²) in [6.07, 6.45) is -2.41. The predicted octanol–water partition coefficient (Wildman–Crippen LogP) is 3.12. The van der Waals surface area contributed by atoms with Gasteiger partial charge >= 0.3 is 6.08 Å². The molecular weight excluding hydrogens is 205 g/mol. The van der Waals surface area contributed by atoms with E-state index < -0.39 is 11.9 Å². The first kappa shape index (κ1) is 11.2. The van der Waals surface area contributed by atoms with Gasteiger partial charge in [0.1, 0.15) is 5.75 Å². The number of halogens is 3. The Kier molecular flexibility index (Phi) is 3.81. The molecule has 0 heterocycles. The molecule has 0 fully saturated rings. The highest BCUT2D eigenvalue weighted by molar-refractivity contribution is 5.41. The highest BCUT2D eigenvalue weighted by atomic mass is 19.3. The van der Waals surface area contributed by atoms with Crippen LogP contribution in [-0.2, 0) is 0 Å². The zero-order valence-electron chi connectivity index (χ0n) is 7.85. The number of methoxy groups -OCH3 is 1. The molecule has 15 heavy (non-hydrogen) atoms. The minimum absolute atomic E-state index is 0.437. The fraction of sp³-hybridized carbons (Fsp3) is 0.0909. The molecule has 0 aliphatic rings. The first-order chi connectivity index (χ1) is 7.13. The summed E-state index contributed by atoms with van der Waals surface area (Å²) in [7, 11) is 1.50. The summed E-state index contributed by atoms with van der Waals surface area (Å²) in [6, 6.07) is 6.32. The van der Waals surface area contributed by atoms with Crippen molar-refractivity contribution in [2.75, 3.05) is 7.11 Å². The smallest absolute Gasteiger partial charge is 0.314 e. The molecule has 0 aromatic heterocycles. The largest absolute Gasteiger partial charge is 0.497 e. The normalized spacial score (nSPS) is 8.80. The molecule has 78 valence electrons. The lowest BCUT2D eigenvalue weighted by Gasteiger charge is -1.97. The highest BCUT2D eigenvalue weighted by Crippen LogP contribution is 2.11. The molecule has 0 aliphatic carbocycles. The second-order valence-electron chi connectivity index (χ2n) is 2.55. The molecule has 0 radical (unpaired) electrons. The van der Waals surface area contributed by atoms with Gasteiger partial charge in [0, 0.05) is 5.56 Å². The van der Waals surface area contributed by atoms with Crippen LogP contribution in [0.15, 0.2) is 36.2 Å². The molecular formula is C11H7F3O. The van der Waals surface area contributed by atoms with Gasteiger partial charge in [-0.15, -0.1) is 0 Å². The quantitative estimate of drug-likeness (QED) is 0.650. The van der Waals surface area contributed by atoms with Gasteiger partial charge in [-0.3, -0.25) is 0 Å². The fourth-order valence-electron chi connectivity index (χ4n) is 0.849. The van der Waals surface area contributed by atoms with Crippen LogP contribution < -0.4 is 4.74 Å². The maximum atomic E-state index is 12.3. The molecule has 0 spiro atoms. The molecule has 1 rings (SSSR count). The van der Waals surface area contributed by atoms with Gasteiger partial charge in [0.2, 0.25) is 5.83 Å². The lowest BCUT2D eigenvalue weighted by atomic mass is 10.2. The number of benzene rings is 1. The zero-order chi connectivity index (χ0) is 11.3. The Morgan fingerprint density at radius 2 is 1.73 bits per heavy atom. The summed E-state index contributed by atoms with van der Waals surface area (Å²) in [5, 5.41) is 0. The van der Waals surface area contributed by atoms with Crippen LogP contribution >= 0.6 is 0 Å². The van der Waals surface area contributed by atoms with Gasteiger partial charge in [-0.2, -0.15) is 13.2 Å². The number of hydrogen-bond donors (Lipinski definition) is 0. The van der Waals surface area contributed by atoms with Crippen LogP contribution in [0, 0.1) is 11.8 Å². The van der Waals surface area contributed by atoms with Gasteiger partial charge in [0.15, 0.2) is 0 Å². The van der Waals surface area contributed by atoms with E-state index in [2.05, 4.69) is 5.92 Å². The first-order valence-electron chi connectivity index (χ1n) is 4.00. The second-order valence-corrected chi connectivity index (χ2v) is 2.55. The van der Waals surface area contributed by atoms with Gasteiger partial charge < -0.3 is 4.74 Å². The summed E-state index contributed by atoms with van der Waals surface area (Å²) in [4.78, 5) is 0. The van der Waals surface area contributed by atoms with E-state index in [0.717, 1.165) is 0 Å². The molecule has 1 aromatic rings. The molecule has 0 atom stereocenters. The van der Waals surface area contributed by atoms with E-state index in [1.54, 1.807) is 30.2 Å². The highest BCUT2D eigenvalue weighted by Gasteiger charge is 1.99. The van der Waals surface area contributed by atoms with Crippen molar-refractivity contribution in [3.8, 4) is 17.6 Å². The van der Waals surface area contributed by atoms with Crippen molar-refractivity contribution in [1.82, 2.24) is 0 Å². The lowest BCUT2D eigenvalue weighted by molar-refractivity contribution is 0.389. The number of allylic oxidation sites excluding steroid dienone is 1. The van der Waals surface area contributed by atoms with Crippen molar-refractivity contribution in [2.24, 2.45) is 0 Å². The van der Waals surface area contributed by atoms with Crippen LogP contribution in [0.1, 0.15) is 5.56 Å². The molecule has 0 aliphatic heterocycles. The van der Waals surface area contributed by atoms with Crippen LogP contribution in [0.2, 0.25) is 0 Å². The van der Waals surface area contributed by atoms with E-state index in [0.29, 0.717) is 11.3 Å². The van der Waals surface area contributed by atoms with E-state index in [9.17, 15) is 13.2 Å². The molecule has 0 bridgehead atoms. The van der Waals surface area contributed by atoms with Crippen molar-refractivity contribution in [1.29, 1.82) is 0 Å². The maximum absolute atomic E-state index is 12.3. The molecule has 0 unspecified atom stereocenters. The molecule has 1 aromatic carbocycles. The Morgan fingerprint density at radius 3 is 2.20 bits per heavy atom. The van der Waals surface area contributed by atoms with Crippen molar-refractivity contribution >= 4 is 0 Å². The number of hydrogen-bond acceptors (Lipinski definition) is 1. The van der Waals surface area contributed by atoms with Crippen molar-refractivity contribution in [3.05, 3.63) is 41.7 Å². The molecule has 0 saturated carbocycles. The maximum Gasteiger partial charge on any atom is 0.314 e. The van der Waals surface area contributed by atoms with Crippen LogP contribution in [-0.4, -0.2) is 7.11 Å². The fourth-order valence-corrected chi connectivity index (χ4v) is 0.849. The summed E-state index contributed by atoms with van der Waals surface area (Å²) < 4.78 is 40.4. The summed E-state index contributed by atoms with van der Waals surface area (Å²) in [5.41, 5.74) is 0.437. The summed E-state index contributed by atoms with van der Waals surface area (Å²) in [5.74, 6) is 2.88. The summed E-state index contributed by atoms with van der Waals surface area (Å²) >= 11 is 0. The average Bonchev–Trinajstić information content (AvgIpc) is 2.26. The molecule has 1 nitrogen and oxygen atoms in total. The van der Waals surface area contributed by atoms with E-state index in [-0.39, 0.29) is 0 Å². The Morgan fingerprint density at radius 1 is 1.13 bits per heavy atom. The van der Waals surface area contributed by atoms with E-state index in [1.165, 1.54) is 7.11 Å². The monoisotopic (exact) mass is 212 g/mol. The molecule has 4 heteroatoms. The van der Waals surface area contributed by atoms with E-state index >= 15 is 0 Å².